The normalized spacial score (nSPS) is 20.2. The predicted molar refractivity (Wildman–Crippen MR) is 77.9 cm³/mol. The molecule has 0 aromatic heterocycles. The molecule has 3 amide bonds. The summed E-state index contributed by atoms with van der Waals surface area (Å²) in [6.07, 6.45) is 1.93. The lowest BCUT2D eigenvalue weighted by Gasteiger charge is -2.35. The summed E-state index contributed by atoms with van der Waals surface area (Å²) < 4.78 is 0. The molecule has 0 bridgehead atoms. The average Bonchev–Trinajstić information content (AvgIpc) is 2.37. The van der Waals surface area contributed by atoms with Crippen LogP contribution in [-0.2, 0) is 9.59 Å². The molecule has 0 radical (unpaired) electrons. The first-order valence-corrected chi connectivity index (χ1v) is 7.26. The molecule has 2 atom stereocenters. The molecule has 0 aromatic carbocycles. The van der Waals surface area contributed by atoms with Crippen molar-refractivity contribution in [2.45, 2.75) is 38.6 Å². The van der Waals surface area contributed by atoms with E-state index in [-0.39, 0.29) is 24.8 Å². The molecule has 1 aliphatic heterocycles. The van der Waals surface area contributed by atoms with Crippen LogP contribution >= 0.6 is 0 Å². The number of hydrogen-bond acceptors (Lipinski definition) is 4. The fourth-order valence-corrected chi connectivity index (χ4v) is 2.50. The van der Waals surface area contributed by atoms with Crippen LogP contribution in [0, 0.1) is 5.92 Å². The quantitative estimate of drug-likeness (QED) is 0.782. The van der Waals surface area contributed by atoms with Crippen LogP contribution in [0.1, 0.15) is 32.6 Å². The number of rotatable bonds is 5. The third kappa shape index (κ3) is 6.12. The van der Waals surface area contributed by atoms with Crippen molar-refractivity contribution in [3.63, 3.8) is 0 Å². The number of carbonyl (C=O) groups excluding carboxylic acids is 2. The summed E-state index contributed by atoms with van der Waals surface area (Å²) in [4.78, 5) is 38.1. The highest BCUT2D eigenvalue weighted by Gasteiger charge is 2.26. The van der Waals surface area contributed by atoms with Crippen LogP contribution in [0.15, 0.2) is 0 Å². The van der Waals surface area contributed by atoms with Gasteiger partial charge in [-0.3, -0.25) is 14.9 Å². The average molecular weight is 299 g/mol. The maximum absolute atomic E-state index is 12.0. The van der Waals surface area contributed by atoms with Gasteiger partial charge in [0.1, 0.15) is 0 Å². The summed E-state index contributed by atoms with van der Waals surface area (Å²) in [5.41, 5.74) is 0. The lowest BCUT2D eigenvalue weighted by Crippen LogP contribution is -2.51. The van der Waals surface area contributed by atoms with Crippen LogP contribution in [0.25, 0.3) is 0 Å². The van der Waals surface area contributed by atoms with Crippen LogP contribution in [0.4, 0.5) is 4.79 Å². The van der Waals surface area contributed by atoms with E-state index >= 15 is 0 Å². The molecule has 1 saturated heterocycles. The van der Waals surface area contributed by atoms with E-state index in [0.29, 0.717) is 19.1 Å². The van der Waals surface area contributed by atoms with Gasteiger partial charge in [0.2, 0.25) is 5.91 Å². The first kappa shape index (κ1) is 17.4. The van der Waals surface area contributed by atoms with Crippen molar-refractivity contribution < 1.29 is 19.5 Å². The molecular weight excluding hydrogens is 274 g/mol. The second-order valence-electron chi connectivity index (χ2n) is 5.97. The number of amides is 3. The fraction of sp³-hybridized carbons (Fsp3) is 0.786. The molecule has 7 nitrogen and oxygen atoms in total. The van der Waals surface area contributed by atoms with Crippen LogP contribution in [-0.4, -0.2) is 66.0 Å². The highest BCUT2D eigenvalue weighted by Crippen LogP contribution is 2.14. The minimum Gasteiger partial charge on any atom is -0.481 e. The maximum atomic E-state index is 12.0. The molecule has 21 heavy (non-hydrogen) atoms. The first-order chi connectivity index (χ1) is 9.79. The topological polar surface area (TPSA) is 89.9 Å². The first-order valence-electron chi connectivity index (χ1n) is 7.26. The van der Waals surface area contributed by atoms with Crippen LogP contribution in [0.5, 0.6) is 0 Å². The highest BCUT2D eigenvalue weighted by molar-refractivity contribution is 5.94. The van der Waals surface area contributed by atoms with Gasteiger partial charge in [0.25, 0.3) is 0 Å². The maximum Gasteiger partial charge on any atom is 0.324 e. The summed E-state index contributed by atoms with van der Waals surface area (Å²) in [6.45, 7) is 2.94. The Kier molecular flexibility index (Phi) is 6.61. The van der Waals surface area contributed by atoms with Gasteiger partial charge in [0.15, 0.2) is 0 Å². The molecule has 0 aromatic rings. The molecule has 7 heteroatoms. The van der Waals surface area contributed by atoms with Crippen molar-refractivity contribution in [2.75, 3.05) is 27.2 Å². The molecule has 0 saturated carbocycles. The molecule has 1 aliphatic rings. The van der Waals surface area contributed by atoms with Gasteiger partial charge in [-0.15, -0.1) is 0 Å². The largest absolute Gasteiger partial charge is 0.481 e. The number of carboxylic acids is 1. The van der Waals surface area contributed by atoms with Gasteiger partial charge in [-0.2, -0.15) is 0 Å². The number of likely N-dealkylation sites (N-methyl/N-ethyl adjacent to an activating group) is 1. The molecule has 1 fully saturated rings. The molecule has 1 rings (SSSR count). The van der Waals surface area contributed by atoms with Crippen LogP contribution < -0.4 is 5.32 Å². The Morgan fingerprint density at radius 2 is 2.00 bits per heavy atom. The van der Waals surface area contributed by atoms with Crippen molar-refractivity contribution >= 4 is 17.9 Å². The number of likely N-dealkylation sites (tertiary alicyclic amines) is 1. The molecule has 2 unspecified atom stereocenters. The summed E-state index contributed by atoms with van der Waals surface area (Å²) in [5, 5.41) is 11.0. The molecule has 0 spiro atoms. The third-order valence-corrected chi connectivity index (χ3v) is 3.72. The van der Waals surface area contributed by atoms with E-state index in [1.165, 1.54) is 0 Å². The number of nitrogens with one attached hydrogen (secondary N) is 1. The zero-order valence-electron chi connectivity index (χ0n) is 13.0. The van der Waals surface area contributed by atoms with Crippen molar-refractivity contribution in [3.8, 4) is 0 Å². The molecule has 0 aliphatic carbocycles. The number of urea groups is 1. The number of nitrogens with zero attached hydrogens (tertiary/aromatic N) is 2. The Bertz CT molecular complexity index is 398. The van der Waals surface area contributed by atoms with Crippen molar-refractivity contribution in [1.82, 2.24) is 15.1 Å². The second-order valence-corrected chi connectivity index (χ2v) is 5.97. The minimum atomic E-state index is -0.938. The fourth-order valence-electron chi connectivity index (χ4n) is 2.50. The minimum absolute atomic E-state index is 0.0446. The zero-order chi connectivity index (χ0) is 16.0. The van der Waals surface area contributed by atoms with Gasteiger partial charge >= 0.3 is 12.0 Å². The summed E-state index contributed by atoms with van der Waals surface area (Å²) >= 11 is 0. The predicted octanol–water partition coefficient (Wildman–Crippen LogP) is 0.750. The van der Waals surface area contributed by atoms with Gasteiger partial charge in [-0.05, 0) is 32.9 Å². The summed E-state index contributed by atoms with van der Waals surface area (Å²) in [6, 6.07) is -0.0698. The SMILES string of the molecule is CC(CC(=O)O)CC(=O)NC(=O)N1CCCC(N(C)C)C1. The number of aliphatic carboxylic acids is 1. The Labute approximate surface area is 125 Å². The smallest absolute Gasteiger partial charge is 0.324 e. The van der Waals surface area contributed by atoms with E-state index in [0.717, 1.165) is 12.8 Å². The number of hydrogen-bond donors (Lipinski definition) is 2. The monoisotopic (exact) mass is 299 g/mol. The van der Waals surface area contributed by atoms with Gasteiger partial charge < -0.3 is 14.9 Å². The Morgan fingerprint density at radius 1 is 1.33 bits per heavy atom. The van der Waals surface area contributed by atoms with Crippen LogP contribution in [0.3, 0.4) is 0 Å². The van der Waals surface area contributed by atoms with E-state index in [1.807, 2.05) is 14.1 Å². The van der Waals surface area contributed by atoms with E-state index in [9.17, 15) is 14.4 Å². The number of piperidine rings is 1. The number of carbonyl (C=O) groups is 3. The molecular formula is C14H25N3O4. The molecule has 120 valence electrons. The summed E-state index contributed by atoms with van der Waals surface area (Å²) in [7, 11) is 3.95. The Hall–Kier alpha value is -1.63. The van der Waals surface area contributed by atoms with Crippen LogP contribution in [0.2, 0.25) is 0 Å². The van der Waals surface area contributed by atoms with E-state index in [2.05, 4.69) is 10.2 Å². The number of imide groups is 1. The van der Waals surface area contributed by atoms with Crippen molar-refractivity contribution in [2.24, 2.45) is 5.92 Å². The van der Waals surface area contributed by atoms with E-state index in [4.69, 9.17) is 5.11 Å². The van der Waals surface area contributed by atoms with E-state index in [1.54, 1.807) is 11.8 Å². The highest BCUT2D eigenvalue weighted by atomic mass is 16.4. The zero-order valence-corrected chi connectivity index (χ0v) is 13.0. The lowest BCUT2D eigenvalue weighted by molar-refractivity contribution is -0.138. The Balaban J connectivity index is 2.41. The summed E-state index contributed by atoms with van der Waals surface area (Å²) in [5.74, 6) is -1.64. The van der Waals surface area contributed by atoms with Gasteiger partial charge in [-0.1, -0.05) is 6.92 Å². The van der Waals surface area contributed by atoms with E-state index < -0.39 is 11.9 Å². The van der Waals surface area contributed by atoms with Crippen molar-refractivity contribution in [3.05, 3.63) is 0 Å². The lowest BCUT2D eigenvalue weighted by atomic mass is 10.0. The molecule has 1 heterocycles. The second kappa shape index (κ2) is 7.97. The number of carboxylic acid groups (broad SMARTS) is 1. The third-order valence-electron chi connectivity index (χ3n) is 3.72. The van der Waals surface area contributed by atoms with Gasteiger partial charge in [-0.25, -0.2) is 4.79 Å². The standard InChI is InChI=1S/C14H25N3O4/c1-10(8-13(19)20)7-12(18)15-14(21)17-6-4-5-11(9-17)16(2)3/h10-11H,4-9H2,1-3H3,(H,19,20)(H,15,18,21). The van der Waals surface area contributed by atoms with Crippen molar-refractivity contribution in [1.29, 1.82) is 0 Å². The molecule has 2 N–H and O–H groups in total. The Morgan fingerprint density at radius 3 is 2.57 bits per heavy atom. The van der Waals surface area contributed by atoms with Gasteiger partial charge in [0, 0.05) is 32.0 Å². The van der Waals surface area contributed by atoms with Gasteiger partial charge in [0.05, 0.1) is 0 Å².